The first-order valence-electron chi connectivity index (χ1n) is 10.4. The Morgan fingerprint density at radius 2 is 0.719 bits per heavy atom. The van der Waals surface area contributed by atoms with Crippen molar-refractivity contribution in [2.75, 3.05) is 0 Å². The normalized spacial score (nSPS) is 13.0. The summed E-state index contributed by atoms with van der Waals surface area (Å²) in [5, 5.41) is 4.19. The quantitative estimate of drug-likeness (QED) is 0.178. The van der Waals surface area contributed by atoms with Crippen LogP contribution in [-0.4, -0.2) is 0 Å². The predicted molar refractivity (Wildman–Crippen MR) is 135 cm³/mol. The maximum absolute atomic E-state index is 7.50. The van der Waals surface area contributed by atoms with Gasteiger partial charge in [-0.05, 0) is 62.7 Å². The van der Waals surface area contributed by atoms with Crippen LogP contribution in [0.25, 0.3) is 0 Å². The van der Waals surface area contributed by atoms with E-state index in [-0.39, 0.29) is 20.1 Å². The molecule has 0 heterocycles. The topological polar surface area (TPSA) is 19.9 Å². The summed E-state index contributed by atoms with van der Waals surface area (Å²) in [5.74, 6) is 1.47. The first-order chi connectivity index (χ1) is 15.0. The summed E-state index contributed by atoms with van der Waals surface area (Å²) < 4.78 is 7.50. The van der Waals surface area contributed by atoms with E-state index in [9.17, 15) is 0 Å². The van der Waals surface area contributed by atoms with E-state index in [4.69, 9.17) is 4.65 Å². The van der Waals surface area contributed by atoms with Crippen LogP contribution in [0.15, 0.2) is 113 Å². The van der Waals surface area contributed by atoms with Gasteiger partial charge in [-0.25, -0.2) is 0 Å². The molecule has 0 N–H and O–H groups in total. The minimum Gasteiger partial charge on any atom is -0.0622 e. The van der Waals surface area contributed by atoms with Crippen LogP contribution >= 0.6 is 7.92 Å². The molecular formula is C29H30IrOP. The SMILES string of the molecule is C[C]1C(C)=C(C)C(C)=C1C.[C-]#[O+].[Ir].c1ccc(P(c2ccccc2)c2ccccc2)cc1. The minimum atomic E-state index is -0.446. The number of allylic oxidation sites excluding steroid dienone is 4. The molecule has 166 valence electrons. The average Bonchev–Trinajstić information content (AvgIpc) is 3.01. The van der Waals surface area contributed by atoms with Crippen molar-refractivity contribution >= 4 is 23.8 Å². The summed E-state index contributed by atoms with van der Waals surface area (Å²) in [6.45, 7) is 15.5. The summed E-state index contributed by atoms with van der Waals surface area (Å²) in [7, 11) is -0.446. The summed E-state index contributed by atoms with van der Waals surface area (Å²) in [5.41, 5.74) is 5.87. The van der Waals surface area contributed by atoms with Crippen molar-refractivity contribution < 1.29 is 24.8 Å². The van der Waals surface area contributed by atoms with Gasteiger partial charge in [0.25, 0.3) is 0 Å². The fourth-order valence-electron chi connectivity index (χ4n) is 3.58. The second-order valence-corrected chi connectivity index (χ2v) is 9.69. The molecule has 4 rings (SSSR count). The van der Waals surface area contributed by atoms with Gasteiger partial charge in [-0.15, -0.1) is 0 Å². The van der Waals surface area contributed by atoms with Gasteiger partial charge in [-0.2, -0.15) is 0 Å². The van der Waals surface area contributed by atoms with Crippen LogP contribution in [0.3, 0.4) is 0 Å². The van der Waals surface area contributed by atoms with Crippen molar-refractivity contribution in [1.82, 2.24) is 0 Å². The van der Waals surface area contributed by atoms with E-state index in [1.807, 2.05) is 0 Å². The molecule has 0 amide bonds. The van der Waals surface area contributed by atoms with Crippen molar-refractivity contribution in [1.29, 1.82) is 0 Å². The molecule has 1 nitrogen and oxygen atoms in total. The van der Waals surface area contributed by atoms with Gasteiger partial charge in [-0.1, -0.05) is 109 Å². The van der Waals surface area contributed by atoms with Crippen molar-refractivity contribution in [3.63, 3.8) is 0 Å². The van der Waals surface area contributed by atoms with Gasteiger partial charge in [-0.3, -0.25) is 0 Å². The maximum atomic E-state index is 7.50. The van der Waals surface area contributed by atoms with Gasteiger partial charge in [0.1, 0.15) is 0 Å². The van der Waals surface area contributed by atoms with Crippen molar-refractivity contribution in [3.8, 4) is 0 Å². The Bertz CT molecular complexity index is 920. The largest absolute Gasteiger partial charge is 0.0622 e. The van der Waals surface area contributed by atoms with Crippen LogP contribution in [0.1, 0.15) is 34.6 Å². The Balaban J connectivity index is 0.000000337. The predicted octanol–water partition coefficient (Wildman–Crippen LogP) is 6.67. The van der Waals surface area contributed by atoms with Crippen LogP contribution in [-0.2, 0) is 24.8 Å². The van der Waals surface area contributed by atoms with Crippen LogP contribution in [0, 0.1) is 12.6 Å². The molecule has 3 heteroatoms. The van der Waals surface area contributed by atoms with E-state index in [0.29, 0.717) is 0 Å². The van der Waals surface area contributed by atoms with E-state index in [0.717, 1.165) is 0 Å². The van der Waals surface area contributed by atoms with Gasteiger partial charge in [0.15, 0.2) is 0 Å². The summed E-state index contributed by atoms with van der Waals surface area (Å²) in [6.07, 6.45) is 0. The molecule has 0 spiro atoms. The van der Waals surface area contributed by atoms with E-state index in [2.05, 4.69) is 132 Å². The van der Waals surface area contributed by atoms with Crippen molar-refractivity contribution in [2.24, 2.45) is 0 Å². The molecule has 0 aliphatic heterocycles. The molecule has 1 aliphatic carbocycles. The fraction of sp³-hybridized carbons (Fsp3) is 0.172. The molecule has 0 bridgehead atoms. The summed E-state index contributed by atoms with van der Waals surface area (Å²) in [6, 6.07) is 32.3. The number of benzene rings is 3. The summed E-state index contributed by atoms with van der Waals surface area (Å²) in [4.78, 5) is 0. The van der Waals surface area contributed by atoms with Crippen LogP contribution < -0.4 is 15.9 Å². The van der Waals surface area contributed by atoms with Crippen LogP contribution in [0.2, 0.25) is 0 Å². The Labute approximate surface area is 208 Å². The Kier molecular flexibility index (Phi) is 12.4. The van der Waals surface area contributed by atoms with Crippen LogP contribution in [0.4, 0.5) is 0 Å². The molecule has 3 aromatic carbocycles. The van der Waals surface area contributed by atoms with Gasteiger partial charge < -0.3 is 0 Å². The zero-order valence-corrected chi connectivity index (χ0v) is 22.6. The molecular weight excluding hydrogens is 588 g/mol. The van der Waals surface area contributed by atoms with E-state index in [1.165, 1.54) is 44.1 Å². The molecule has 0 saturated heterocycles. The molecule has 3 aromatic rings. The average molecular weight is 618 g/mol. The van der Waals surface area contributed by atoms with Gasteiger partial charge in [0.2, 0.25) is 0 Å². The van der Waals surface area contributed by atoms with Crippen molar-refractivity contribution in [2.45, 2.75) is 34.6 Å². The smallest absolute Gasteiger partial charge is 0 e. The third-order valence-corrected chi connectivity index (χ3v) is 8.30. The van der Waals surface area contributed by atoms with E-state index < -0.39 is 7.92 Å². The molecule has 0 atom stereocenters. The third kappa shape index (κ3) is 6.98. The van der Waals surface area contributed by atoms with Gasteiger partial charge >= 0.3 is 11.3 Å². The zero-order chi connectivity index (χ0) is 22.8. The number of hydrogen-bond donors (Lipinski definition) is 0. The van der Waals surface area contributed by atoms with Crippen molar-refractivity contribution in [3.05, 3.63) is 126 Å². The fourth-order valence-corrected chi connectivity index (χ4v) is 5.89. The molecule has 0 unspecified atom stereocenters. The Morgan fingerprint density at radius 3 is 0.906 bits per heavy atom. The summed E-state index contributed by atoms with van der Waals surface area (Å²) >= 11 is 0. The Morgan fingerprint density at radius 1 is 0.469 bits per heavy atom. The zero-order valence-electron chi connectivity index (χ0n) is 19.3. The minimum absolute atomic E-state index is 0. The molecule has 1 aliphatic rings. The van der Waals surface area contributed by atoms with E-state index in [1.54, 1.807) is 0 Å². The second kappa shape index (κ2) is 14.2. The van der Waals surface area contributed by atoms with E-state index >= 15 is 0 Å². The molecule has 2 radical (unpaired) electrons. The molecule has 0 saturated carbocycles. The molecule has 0 aromatic heterocycles. The van der Waals surface area contributed by atoms with Gasteiger partial charge in [0.05, 0.1) is 0 Å². The first-order valence-corrected chi connectivity index (χ1v) is 11.7. The van der Waals surface area contributed by atoms with Crippen LogP contribution in [0.5, 0.6) is 0 Å². The number of hydrogen-bond acceptors (Lipinski definition) is 0. The maximum Gasteiger partial charge on any atom is 0 e. The standard InChI is InChI=1S/C18H15P.C10H15.CO.Ir/c1-4-10-16(11-5-1)19(17-12-6-2-7-13-17)18-14-8-3-9-15-18;1-6-7(2)9(4)10(5)8(6)3;1-2;/h1-15H;1-5H3;;. The third-order valence-electron chi connectivity index (χ3n) is 5.86. The molecule has 0 fully saturated rings. The number of rotatable bonds is 3. The first kappa shape index (κ1) is 28.0. The molecule has 32 heavy (non-hydrogen) atoms. The second-order valence-electron chi connectivity index (χ2n) is 7.47. The van der Waals surface area contributed by atoms with Gasteiger partial charge in [0, 0.05) is 26.0 Å². The monoisotopic (exact) mass is 618 g/mol. The Hall–Kier alpha value is -2.04.